The third-order valence-electron chi connectivity index (χ3n) is 3.28. The van der Waals surface area contributed by atoms with Crippen molar-refractivity contribution in [2.24, 2.45) is 5.10 Å². The molecule has 1 amide bonds. The van der Waals surface area contributed by atoms with Gasteiger partial charge in [0.25, 0.3) is 5.91 Å². The average Bonchev–Trinajstić information content (AvgIpc) is 2.63. The van der Waals surface area contributed by atoms with Gasteiger partial charge in [-0.05, 0) is 42.8 Å². The minimum Gasteiger partial charge on any atom is -0.504 e. The van der Waals surface area contributed by atoms with Crippen LogP contribution in [0.3, 0.4) is 0 Å². The number of hydrogen-bond donors (Lipinski definition) is 2. The Bertz CT molecular complexity index is 752. The minimum absolute atomic E-state index is 0.0477. The van der Waals surface area contributed by atoms with E-state index < -0.39 is 5.91 Å². The van der Waals surface area contributed by atoms with E-state index in [1.807, 2.05) is 6.92 Å². The molecule has 2 rings (SSSR count). The third-order valence-corrected chi connectivity index (χ3v) is 3.28. The van der Waals surface area contributed by atoms with Crippen molar-refractivity contribution in [3.8, 4) is 23.0 Å². The van der Waals surface area contributed by atoms with Crippen molar-refractivity contribution >= 4 is 12.1 Å². The summed E-state index contributed by atoms with van der Waals surface area (Å²) in [6.45, 7) is 2.26. The maximum atomic E-state index is 12.2. The molecule has 0 saturated carbocycles. The minimum atomic E-state index is -0.405. The Morgan fingerprint density at radius 1 is 1.16 bits per heavy atom. The summed E-state index contributed by atoms with van der Waals surface area (Å²) in [5.74, 6) is 1.01. The number of hydrogen-bond acceptors (Lipinski definition) is 6. The number of ether oxygens (including phenoxy) is 3. The molecule has 0 saturated heterocycles. The Morgan fingerprint density at radius 3 is 2.44 bits per heavy atom. The quantitative estimate of drug-likeness (QED) is 0.595. The average molecular weight is 344 g/mol. The highest BCUT2D eigenvalue weighted by atomic mass is 16.5. The Hall–Kier alpha value is -3.22. The second-order valence-corrected chi connectivity index (χ2v) is 4.96. The first-order chi connectivity index (χ1) is 12.1. The van der Waals surface area contributed by atoms with Gasteiger partial charge in [0.15, 0.2) is 11.5 Å². The van der Waals surface area contributed by atoms with E-state index in [0.29, 0.717) is 35.0 Å². The molecule has 25 heavy (non-hydrogen) atoms. The molecule has 0 spiro atoms. The fourth-order valence-corrected chi connectivity index (χ4v) is 2.05. The van der Waals surface area contributed by atoms with Gasteiger partial charge in [0.05, 0.1) is 27.0 Å². The Morgan fingerprint density at radius 2 is 1.84 bits per heavy atom. The number of aromatic hydroxyl groups is 1. The van der Waals surface area contributed by atoms with E-state index in [4.69, 9.17) is 14.2 Å². The standard InChI is InChI=1S/C18H20N2O5/c1-4-25-17-7-12(5-6-16(17)21)11-19-20-18(22)13-8-14(23-2)10-15(9-13)24-3/h5-11,21H,4H2,1-3H3,(H,20,22)/b19-11-. The van der Waals surface area contributed by atoms with Crippen molar-refractivity contribution in [2.45, 2.75) is 6.92 Å². The molecular formula is C18H20N2O5. The lowest BCUT2D eigenvalue weighted by Crippen LogP contribution is -2.17. The highest BCUT2D eigenvalue weighted by Gasteiger charge is 2.09. The number of nitrogens with one attached hydrogen (secondary N) is 1. The van der Waals surface area contributed by atoms with Gasteiger partial charge in [-0.25, -0.2) is 5.43 Å². The van der Waals surface area contributed by atoms with E-state index >= 15 is 0 Å². The highest BCUT2D eigenvalue weighted by molar-refractivity contribution is 5.95. The van der Waals surface area contributed by atoms with Crippen LogP contribution in [0.1, 0.15) is 22.8 Å². The van der Waals surface area contributed by atoms with Gasteiger partial charge in [0, 0.05) is 11.6 Å². The molecule has 0 aliphatic rings. The van der Waals surface area contributed by atoms with E-state index in [-0.39, 0.29) is 5.75 Å². The van der Waals surface area contributed by atoms with Crippen LogP contribution in [0.4, 0.5) is 0 Å². The second-order valence-electron chi connectivity index (χ2n) is 4.96. The summed E-state index contributed by atoms with van der Waals surface area (Å²) in [6, 6.07) is 9.63. The van der Waals surface area contributed by atoms with E-state index in [1.165, 1.54) is 26.5 Å². The second kappa shape index (κ2) is 8.58. The van der Waals surface area contributed by atoms with Gasteiger partial charge in [0.2, 0.25) is 0 Å². The number of amides is 1. The number of rotatable bonds is 7. The summed E-state index contributed by atoms with van der Waals surface area (Å²) in [4.78, 5) is 12.2. The number of methoxy groups -OCH3 is 2. The molecule has 0 fully saturated rings. The van der Waals surface area contributed by atoms with Gasteiger partial charge in [0.1, 0.15) is 11.5 Å². The summed E-state index contributed by atoms with van der Waals surface area (Å²) in [7, 11) is 3.02. The number of carbonyl (C=O) groups is 1. The van der Waals surface area contributed by atoms with Gasteiger partial charge in [-0.15, -0.1) is 0 Å². The monoisotopic (exact) mass is 344 g/mol. The molecule has 0 heterocycles. The molecule has 2 N–H and O–H groups in total. The predicted molar refractivity (Wildman–Crippen MR) is 93.9 cm³/mol. The lowest BCUT2D eigenvalue weighted by atomic mass is 10.2. The molecule has 0 atom stereocenters. The van der Waals surface area contributed by atoms with E-state index in [2.05, 4.69) is 10.5 Å². The van der Waals surface area contributed by atoms with Crippen LogP contribution < -0.4 is 19.6 Å². The number of benzene rings is 2. The lowest BCUT2D eigenvalue weighted by Gasteiger charge is -2.07. The highest BCUT2D eigenvalue weighted by Crippen LogP contribution is 2.26. The van der Waals surface area contributed by atoms with Crippen LogP contribution in [0.5, 0.6) is 23.0 Å². The van der Waals surface area contributed by atoms with Crippen molar-refractivity contribution in [3.63, 3.8) is 0 Å². The molecule has 0 aromatic heterocycles. The van der Waals surface area contributed by atoms with Crippen LogP contribution in [0.2, 0.25) is 0 Å². The summed E-state index contributed by atoms with van der Waals surface area (Å²) >= 11 is 0. The first-order valence-corrected chi connectivity index (χ1v) is 7.59. The zero-order valence-electron chi connectivity index (χ0n) is 14.3. The van der Waals surface area contributed by atoms with Crippen LogP contribution in [-0.4, -0.2) is 38.1 Å². The van der Waals surface area contributed by atoms with Gasteiger partial charge < -0.3 is 19.3 Å². The molecule has 0 unspecified atom stereocenters. The molecule has 2 aromatic carbocycles. The summed E-state index contributed by atoms with van der Waals surface area (Å²) in [6.07, 6.45) is 1.46. The van der Waals surface area contributed by atoms with Crippen molar-refractivity contribution in [2.75, 3.05) is 20.8 Å². The molecule has 7 nitrogen and oxygen atoms in total. The number of phenols is 1. The first-order valence-electron chi connectivity index (χ1n) is 7.59. The molecule has 7 heteroatoms. The third kappa shape index (κ3) is 4.87. The van der Waals surface area contributed by atoms with Crippen LogP contribution >= 0.6 is 0 Å². The summed E-state index contributed by atoms with van der Waals surface area (Å²) in [5.41, 5.74) is 3.46. The van der Waals surface area contributed by atoms with Crippen LogP contribution in [0, 0.1) is 0 Å². The number of hydrazone groups is 1. The van der Waals surface area contributed by atoms with Crippen LogP contribution in [0.15, 0.2) is 41.5 Å². The van der Waals surface area contributed by atoms with Crippen molar-refractivity contribution < 1.29 is 24.1 Å². The van der Waals surface area contributed by atoms with Crippen LogP contribution in [0.25, 0.3) is 0 Å². The van der Waals surface area contributed by atoms with Gasteiger partial charge in [-0.1, -0.05) is 0 Å². The predicted octanol–water partition coefficient (Wildman–Crippen LogP) is 2.57. The maximum Gasteiger partial charge on any atom is 0.271 e. The van der Waals surface area contributed by atoms with E-state index in [1.54, 1.807) is 30.3 Å². The first kappa shape index (κ1) is 18.1. The number of nitrogens with zero attached hydrogens (tertiary/aromatic N) is 1. The van der Waals surface area contributed by atoms with Crippen LogP contribution in [-0.2, 0) is 0 Å². The zero-order chi connectivity index (χ0) is 18.2. The zero-order valence-corrected chi connectivity index (χ0v) is 14.3. The normalized spacial score (nSPS) is 10.5. The molecule has 0 aliphatic heterocycles. The largest absolute Gasteiger partial charge is 0.504 e. The lowest BCUT2D eigenvalue weighted by molar-refractivity contribution is 0.0954. The molecule has 0 bridgehead atoms. The molecule has 0 radical (unpaired) electrons. The Balaban J connectivity index is 2.09. The molecular weight excluding hydrogens is 324 g/mol. The summed E-state index contributed by atoms with van der Waals surface area (Å²) in [5, 5.41) is 13.6. The SMILES string of the molecule is CCOc1cc(/C=N\NC(=O)c2cc(OC)cc(OC)c2)ccc1O. The van der Waals surface area contributed by atoms with Gasteiger partial charge in [-0.3, -0.25) is 4.79 Å². The van der Waals surface area contributed by atoms with E-state index in [9.17, 15) is 9.90 Å². The van der Waals surface area contributed by atoms with Gasteiger partial charge >= 0.3 is 0 Å². The fourth-order valence-electron chi connectivity index (χ4n) is 2.05. The molecule has 132 valence electrons. The summed E-state index contributed by atoms with van der Waals surface area (Å²) < 4.78 is 15.6. The van der Waals surface area contributed by atoms with E-state index in [0.717, 1.165) is 0 Å². The Labute approximate surface area is 145 Å². The smallest absolute Gasteiger partial charge is 0.271 e. The van der Waals surface area contributed by atoms with Crippen molar-refractivity contribution in [1.82, 2.24) is 5.43 Å². The molecule has 0 aliphatic carbocycles. The topological polar surface area (TPSA) is 89.4 Å². The molecule has 2 aromatic rings. The number of carbonyl (C=O) groups excluding carboxylic acids is 1. The van der Waals surface area contributed by atoms with Crippen molar-refractivity contribution in [3.05, 3.63) is 47.5 Å². The number of phenolic OH excluding ortho intramolecular Hbond substituents is 1. The Kier molecular flexibility index (Phi) is 6.22. The van der Waals surface area contributed by atoms with Crippen molar-refractivity contribution in [1.29, 1.82) is 0 Å². The van der Waals surface area contributed by atoms with Gasteiger partial charge in [-0.2, -0.15) is 5.10 Å². The maximum absolute atomic E-state index is 12.2. The fraction of sp³-hybridized carbons (Fsp3) is 0.222.